The monoisotopic (exact) mass is 674 g/mol. The Morgan fingerprint density at radius 1 is 0.938 bits per heavy atom. The summed E-state index contributed by atoms with van der Waals surface area (Å²) in [5, 5.41) is 5.97. The van der Waals surface area contributed by atoms with Crippen molar-refractivity contribution in [3.8, 4) is 16.9 Å². The molecule has 2 N–H and O–H groups in total. The molecule has 11 heteroatoms. The van der Waals surface area contributed by atoms with Crippen LogP contribution in [0.3, 0.4) is 0 Å². The molecule has 3 aromatic carbocycles. The van der Waals surface area contributed by atoms with E-state index in [-0.39, 0.29) is 29.4 Å². The van der Waals surface area contributed by atoms with Gasteiger partial charge in [0, 0.05) is 57.7 Å². The standard InChI is InChI=1S/C37H43ClN4O6/c1-41(16-9-8-14-35(44)39-33-21-34(47-2)28(24-43)20-31(33)38)36(45)15-17-42-22-26-18-29(19-27(26)23-42)48-37(46)40-32-13-7-6-12-30(32)25-10-4-3-5-11-25/h3-7,10-13,20-21,24,26-27,29H,8-9,14-19,22-23H2,1-2H3,(H,39,44)(H,40,46). The van der Waals surface area contributed by atoms with Crippen LogP contribution >= 0.6 is 11.6 Å². The maximum atomic E-state index is 12.8. The molecule has 2 aliphatic rings. The number of unbranched alkanes of at least 4 members (excludes halogenated alkanes) is 1. The molecule has 48 heavy (non-hydrogen) atoms. The minimum atomic E-state index is -0.426. The zero-order chi connectivity index (χ0) is 34.0. The third-order valence-electron chi connectivity index (χ3n) is 9.24. The highest BCUT2D eigenvalue weighted by Gasteiger charge is 2.42. The Morgan fingerprint density at radius 2 is 1.65 bits per heavy atom. The lowest BCUT2D eigenvalue weighted by atomic mass is 10.0. The molecule has 0 radical (unpaired) electrons. The molecular formula is C37H43ClN4O6. The number of fused-ring (bicyclic) bond motifs is 1. The molecule has 1 saturated carbocycles. The molecule has 1 saturated heterocycles. The van der Waals surface area contributed by atoms with Crippen molar-refractivity contribution in [2.24, 2.45) is 11.8 Å². The van der Waals surface area contributed by atoms with Crippen LogP contribution in [0.25, 0.3) is 11.1 Å². The Balaban J connectivity index is 0.965. The summed E-state index contributed by atoms with van der Waals surface area (Å²) in [5.41, 5.74) is 3.40. The Hall–Kier alpha value is -4.41. The van der Waals surface area contributed by atoms with Crippen LogP contribution in [-0.4, -0.2) is 80.4 Å². The number of halogens is 1. The van der Waals surface area contributed by atoms with E-state index in [0.29, 0.717) is 67.5 Å². The maximum absolute atomic E-state index is 12.8. The summed E-state index contributed by atoms with van der Waals surface area (Å²) in [6.07, 6.45) is 3.80. The number of para-hydroxylation sites is 1. The van der Waals surface area contributed by atoms with Crippen molar-refractivity contribution in [2.75, 3.05) is 51.0 Å². The molecular weight excluding hydrogens is 632 g/mol. The first-order valence-corrected chi connectivity index (χ1v) is 16.8. The fourth-order valence-electron chi connectivity index (χ4n) is 6.72. The number of ether oxygens (including phenoxy) is 2. The summed E-state index contributed by atoms with van der Waals surface area (Å²) in [5.74, 6) is 1.13. The SMILES string of the molecule is COc1cc(NC(=O)CCCCN(C)C(=O)CCN2CC3CC(OC(=O)Nc4ccccc4-c4ccccc4)CC3C2)c(Cl)cc1C=O. The molecule has 3 amide bonds. The summed E-state index contributed by atoms with van der Waals surface area (Å²) >= 11 is 6.20. The largest absolute Gasteiger partial charge is 0.496 e. The Bertz CT molecular complexity index is 1590. The van der Waals surface area contributed by atoms with Gasteiger partial charge in [0.2, 0.25) is 11.8 Å². The van der Waals surface area contributed by atoms with Gasteiger partial charge in [-0.3, -0.25) is 19.7 Å². The second kappa shape index (κ2) is 16.6. The van der Waals surface area contributed by atoms with Gasteiger partial charge in [-0.05, 0) is 55.2 Å². The fraction of sp³-hybridized carbons (Fsp3) is 0.405. The summed E-state index contributed by atoms with van der Waals surface area (Å²) in [6.45, 7) is 3.08. The molecule has 254 valence electrons. The number of hydrogen-bond acceptors (Lipinski definition) is 7. The zero-order valence-corrected chi connectivity index (χ0v) is 28.2. The number of aldehydes is 1. The molecule has 1 aliphatic heterocycles. The molecule has 3 aromatic rings. The number of methoxy groups -OCH3 is 1. The first-order valence-electron chi connectivity index (χ1n) is 16.4. The van der Waals surface area contributed by atoms with Crippen molar-refractivity contribution in [1.82, 2.24) is 9.80 Å². The van der Waals surface area contributed by atoms with Crippen LogP contribution in [-0.2, 0) is 14.3 Å². The van der Waals surface area contributed by atoms with Gasteiger partial charge in [-0.15, -0.1) is 0 Å². The van der Waals surface area contributed by atoms with E-state index in [9.17, 15) is 19.2 Å². The van der Waals surface area contributed by atoms with Gasteiger partial charge in [0.05, 0.1) is 29.1 Å². The van der Waals surface area contributed by atoms with E-state index in [0.717, 1.165) is 42.7 Å². The molecule has 0 aromatic heterocycles. The van der Waals surface area contributed by atoms with Crippen LogP contribution in [0.2, 0.25) is 5.02 Å². The Kier molecular flexibility index (Phi) is 12.1. The van der Waals surface area contributed by atoms with Crippen molar-refractivity contribution in [1.29, 1.82) is 0 Å². The Labute approximate surface area is 286 Å². The van der Waals surface area contributed by atoms with Crippen molar-refractivity contribution >= 4 is 47.2 Å². The third-order valence-corrected chi connectivity index (χ3v) is 9.55. The van der Waals surface area contributed by atoms with Gasteiger partial charge in [0.25, 0.3) is 0 Å². The van der Waals surface area contributed by atoms with E-state index < -0.39 is 6.09 Å². The molecule has 1 aliphatic carbocycles. The molecule has 2 fully saturated rings. The number of nitrogens with one attached hydrogen (secondary N) is 2. The summed E-state index contributed by atoms with van der Waals surface area (Å²) in [7, 11) is 3.24. The average molecular weight is 675 g/mol. The summed E-state index contributed by atoms with van der Waals surface area (Å²) < 4.78 is 11.0. The van der Waals surface area contributed by atoms with E-state index in [2.05, 4.69) is 15.5 Å². The van der Waals surface area contributed by atoms with Crippen LogP contribution in [0.5, 0.6) is 5.75 Å². The Morgan fingerprint density at radius 3 is 2.35 bits per heavy atom. The van der Waals surface area contributed by atoms with Gasteiger partial charge in [0.1, 0.15) is 11.9 Å². The maximum Gasteiger partial charge on any atom is 0.411 e. The highest BCUT2D eigenvalue weighted by molar-refractivity contribution is 6.34. The van der Waals surface area contributed by atoms with E-state index >= 15 is 0 Å². The van der Waals surface area contributed by atoms with Crippen molar-refractivity contribution < 1.29 is 28.7 Å². The normalized spacial score (nSPS) is 18.5. The predicted molar refractivity (Wildman–Crippen MR) is 187 cm³/mol. The molecule has 10 nitrogen and oxygen atoms in total. The number of benzene rings is 3. The lowest BCUT2D eigenvalue weighted by molar-refractivity contribution is -0.130. The first kappa shape index (κ1) is 34.9. The van der Waals surface area contributed by atoms with Crippen LogP contribution in [0, 0.1) is 11.8 Å². The van der Waals surface area contributed by atoms with E-state index in [1.165, 1.54) is 19.2 Å². The number of hydrogen-bond donors (Lipinski definition) is 2. The van der Waals surface area contributed by atoms with Crippen LogP contribution in [0.4, 0.5) is 16.2 Å². The van der Waals surface area contributed by atoms with Gasteiger partial charge in [-0.25, -0.2) is 4.79 Å². The second-order valence-corrected chi connectivity index (χ2v) is 13.0. The third kappa shape index (κ3) is 9.14. The molecule has 2 atom stereocenters. The van der Waals surface area contributed by atoms with E-state index in [1.54, 1.807) is 11.9 Å². The number of anilines is 2. The van der Waals surface area contributed by atoms with Gasteiger partial charge < -0.3 is 24.6 Å². The second-order valence-electron chi connectivity index (χ2n) is 12.6. The molecule has 2 unspecified atom stereocenters. The highest BCUT2D eigenvalue weighted by atomic mass is 35.5. The van der Waals surface area contributed by atoms with Gasteiger partial charge in [-0.2, -0.15) is 0 Å². The molecule has 1 heterocycles. The van der Waals surface area contributed by atoms with Crippen LogP contribution < -0.4 is 15.4 Å². The number of amides is 3. The minimum absolute atomic E-state index is 0.0827. The minimum Gasteiger partial charge on any atom is -0.496 e. The first-order chi connectivity index (χ1) is 23.2. The van der Waals surface area contributed by atoms with E-state index in [4.69, 9.17) is 21.1 Å². The van der Waals surface area contributed by atoms with Gasteiger partial charge >= 0.3 is 6.09 Å². The average Bonchev–Trinajstić information content (AvgIpc) is 3.65. The predicted octanol–water partition coefficient (Wildman–Crippen LogP) is 6.74. The van der Waals surface area contributed by atoms with Crippen molar-refractivity contribution in [3.63, 3.8) is 0 Å². The van der Waals surface area contributed by atoms with Gasteiger partial charge in [0.15, 0.2) is 6.29 Å². The van der Waals surface area contributed by atoms with Crippen molar-refractivity contribution in [2.45, 2.75) is 44.6 Å². The number of nitrogens with zero attached hydrogens (tertiary/aromatic N) is 2. The fourth-order valence-corrected chi connectivity index (χ4v) is 6.94. The molecule has 0 spiro atoms. The van der Waals surface area contributed by atoms with Crippen molar-refractivity contribution in [3.05, 3.63) is 77.3 Å². The van der Waals surface area contributed by atoms with E-state index in [1.807, 2.05) is 54.6 Å². The molecule has 0 bridgehead atoms. The lowest BCUT2D eigenvalue weighted by Crippen LogP contribution is -2.33. The number of carbonyl (C=O) groups excluding carboxylic acids is 4. The van der Waals surface area contributed by atoms with Crippen LogP contribution in [0.1, 0.15) is 48.9 Å². The smallest absolute Gasteiger partial charge is 0.411 e. The highest BCUT2D eigenvalue weighted by Crippen LogP contribution is 2.40. The summed E-state index contributed by atoms with van der Waals surface area (Å²) in [4.78, 5) is 53.3. The number of carbonyl (C=O) groups is 4. The quantitative estimate of drug-likeness (QED) is 0.144. The lowest BCUT2D eigenvalue weighted by Gasteiger charge is -2.21. The van der Waals surface area contributed by atoms with Gasteiger partial charge in [-0.1, -0.05) is 60.1 Å². The van der Waals surface area contributed by atoms with Crippen LogP contribution in [0.15, 0.2) is 66.7 Å². The summed E-state index contributed by atoms with van der Waals surface area (Å²) in [6, 6.07) is 20.7. The molecule has 5 rings (SSSR count). The zero-order valence-electron chi connectivity index (χ0n) is 27.5. The number of rotatable bonds is 14. The number of likely N-dealkylation sites (tertiary alicyclic amines) is 1. The topological polar surface area (TPSA) is 117 Å².